The number of aliphatic imine (C=N–C) groups is 1. The van der Waals surface area contributed by atoms with E-state index in [2.05, 4.69) is 4.99 Å². The highest BCUT2D eigenvalue weighted by molar-refractivity contribution is 5.82. The highest BCUT2D eigenvalue weighted by Gasteiger charge is 2.06. The minimum atomic E-state index is -0.410. The fraction of sp³-hybridized carbons (Fsp3) is 0.222. The molecule has 4 heteroatoms. The molecule has 0 aliphatic carbocycles. The van der Waals surface area contributed by atoms with Crippen LogP contribution in [0.3, 0.4) is 0 Å². The van der Waals surface area contributed by atoms with Crippen LogP contribution < -0.4 is 0 Å². The number of nitrogens with zero attached hydrogens (tertiary/aromatic N) is 2. The summed E-state index contributed by atoms with van der Waals surface area (Å²) in [4.78, 5) is 13.8. The number of hydrogen-bond acceptors (Lipinski definition) is 3. The van der Waals surface area contributed by atoms with Gasteiger partial charge in [0.05, 0.1) is 4.92 Å². The molecule has 0 aromatic heterocycles. The Bertz CT molecular complexity index is 359. The molecule has 0 aliphatic heterocycles. The van der Waals surface area contributed by atoms with Crippen LogP contribution in [-0.4, -0.2) is 18.2 Å². The van der Waals surface area contributed by atoms with Crippen LogP contribution in [0.25, 0.3) is 0 Å². The van der Waals surface area contributed by atoms with Gasteiger partial charge in [0.2, 0.25) is 0 Å². The van der Waals surface area contributed by atoms with E-state index in [1.54, 1.807) is 19.3 Å². The lowest BCUT2D eigenvalue weighted by molar-refractivity contribution is -0.384. The van der Waals surface area contributed by atoms with Crippen molar-refractivity contribution < 1.29 is 4.92 Å². The van der Waals surface area contributed by atoms with E-state index in [-0.39, 0.29) is 5.69 Å². The number of benzene rings is 1. The topological polar surface area (TPSA) is 55.5 Å². The summed E-state index contributed by atoms with van der Waals surface area (Å²) >= 11 is 0. The third-order valence-corrected chi connectivity index (χ3v) is 1.74. The van der Waals surface area contributed by atoms with E-state index in [4.69, 9.17) is 0 Å². The van der Waals surface area contributed by atoms with Crippen molar-refractivity contribution in [3.8, 4) is 0 Å². The van der Waals surface area contributed by atoms with Gasteiger partial charge in [-0.3, -0.25) is 15.1 Å². The van der Waals surface area contributed by atoms with Gasteiger partial charge < -0.3 is 0 Å². The molecule has 0 saturated carbocycles. The molecule has 68 valence electrons. The average molecular weight is 178 g/mol. The number of rotatable bonds is 2. The molecule has 0 amide bonds. The molecule has 0 atom stereocenters. The molecule has 0 N–H and O–H groups in total. The number of nitro benzene ring substituents is 1. The molecule has 0 fully saturated rings. The Morgan fingerprint density at radius 3 is 2.77 bits per heavy atom. The first kappa shape index (κ1) is 9.38. The highest BCUT2D eigenvalue weighted by Crippen LogP contribution is 2.15. The van der Waals surface area contributed by atoms with Crippen molar-refractivity contribution in [1.82, 2.24) is 0 Å². The summed E-state index contributed by atoms with van der Waals surface area (Å²) in [6.07, 6.45) is 1.61. The van der Waals surface area contributed by atoms with E-state index in [0.29, 0.717) is 0 Å². The molecule has 0 unspecified atom stereocenters. The Morgan fingerprint density at radius 2 is 2.23 bits per heavy atom. The van der Waals surface area contributed by atoms with Crippen molar-refractivity contribution in [2.24, 2.45) is 4.99 Å². The van der Waals surface area contributed by atoms with Gasteiger partial charge in [-0.1, -0.05) is 6.07 Å². The Kier molecular flexibility index (Phi) is 2.74. The third kappa shape index (κ3) is 2.11. The monoisotopic (exact) mass is 178 g/mol. The van der Waals surface area contributed by atoms with Crippen LogP contribution >= 0.6 is 0 Å². The lowest BCUT2D eigenvalue weighted by atomic mass is 10.1. The molecular formula is C9H10N2O2. The summed E-state index contributed by atoms with van der Waals surface area (Å²) in [5, 5.41) is 10.4. The van der Waals surface area contributed by atoms with E-state index < -0.39 is 4.92 Å². The SMILES string of the molecule is CN=Cc1cc([N+](=O)[O-])ccc1C. The molecule has 1 aromatic rings. The van der Waals surface area contributed by atoms with Crippen LogP contribution in [0.2, 0.25) is 0 Å². The average Bonchev–Trinajstić information content (AvgIpc) is 2.08. The Balaban J connectivity index is 3.18. The second-order valence-corrected chi connectivity index (χ2v) is 2.69. The smallest absolute Gasteiger partial charge is 0.270 e. The van der Waals surface area contributed by atoms with Crippen molar-refractivity contribution >= 4 is 11.9 Å². The van der Waals surface area contributed by atoms with Gasteiger partial charge in [-0.15, -0.1) is 0 Å². The van der Waals surface area contributed by atoms with E-state index in [1.165, 1.54) is 12.1 Å². The highest BCUT2D eigenvalue weighted by atomic mass is 16.6. The first-order chi connectivity index (χ1) is 6.15. The zero-order chi connectivity index (χ0) is 9.84. The maximum Gasteiger partial charge on any atom is 0.270 e. The second-order valence-electron chi connectivity index (χ2n) is 2.69. The van der Waals surface area contributed by atoms with Crippen molar-refractivity contribution in [2.45, 2.75) is 6.92 Å². The van der Waals surface area contributed by atoms with Crippen LogP contribution in [0.15, 0.2) is 23.2 Å². The summed E-state index contributed by atoms with van der Waals surface area (Å²) in [6.45, 7) is 1.89. The standard InChI is InChI=1S/C9H10N2O2/c1-7-3-4-9(11(12)13)5-8(7)6-10-2/h3-6H,1-2H3. The van der Waals surface area contributed by atoms with Crippen LogP contribution in [0.5, 0.6) is 0 Å². The summed E-state index contributed by atoms with van der Waals surface area (Å²) in [7, 11) is 1.64. The maximum atomic E-state index is 10.4. The lowest BCUT2D eigenvalue weighted by Gasteiger charge is -1.98. The molecule has 4 nitrogen and oxygen atoms in total. The van der Waals surface area contributed by atoms with Crippen LogP contribution in [0.4, 0.5) is 5.69 Å². The molecule has 0 saturated heterocycles. The van der Waals surface area contributed by atoms with Crippen molar-refractivity contribution in [3.63, 3.8) is 0 Å². The first-order valence-electron chi connectivity index (χ1n) is 3.82. The molecule has 0 spiro atoms. The fourth-order valence-electron chi connectivity index (χ4n) is 1.02. The third-order valence-electron chi connectivity index (χ3n) is 1.74. The quantitative estimate of drug-likeness (QED) is 0.395. The van der Waals surface area contributed by atoms with Gasteiger partial charge in [-0.25, -0.2) is 0 Å². The van der Waals surface area contributed by atoms with E-state index in [1.807, 2.05) is 6.92 Å². The zero-order valence-corrected chi connectivity index (χ0v) is 7.52. The summed E-state index contributed by atoms with van der Waals surface area (Å²) < 4.78 is 0. The molecule has 0 heterocycles. The second kappa shape index (κ2) is 3.80. The summed E-state index contributed by atoms with van der Waals surface area (Å²) in [6, 6.07) is 4.72. The minimum absolute atomic E-state index is 0.0977. The number of nitro groups is 1. The van der Waals surface area contributed by atoms with Crippen molar-refractivity contribution in [3.05, 3.63) is 39.4 Å². The lowest BCUT2D eigenvalue weighted by Crippen LogP contribution is -1.92. The van der Waals surface area contributed by atoms with Gasteiger partial charge in [0.25, 0.3) is 5.69 Å². The maximum absolute atomic E-state index is 10.4. The minimum Gasteiger partial charge on any atom is -0.296 e. The van der Waals surface area contributed by atoms with Crippen LogP contribution in [0.1, 0.15) is 11.1 Å². The Morgan fingerprint density at radius 1 is 1.54 bits per heavy atom. The molecule has 0 bridgehead atoms. The molecule has 1 rings (SSSR count). The van der Waals surface area contributed by atoms with Crippen molar-refractivity contribution in [2.75, 3.05) is 7.05 Å². The molecule has 1 aromatic carbocycles. The van der Waals surface area contributed by atoms with Gasteiger partial charge >= 0.3 is 0 Å². The number of aryl methyl sites for hydroxylation is 1. The largest absolute Gasteiger partial charge is 0.296 e. The van der Waals surface area contributed by atoms with Gasteiger partial charge in [-0.05, 0) is 12.5 Å². The fourth-order valence-corrected chi connectivity index (χ4v) is 1.02. The molecular weight excluding hydrogens is 168 g/mol. The first-order valence-corrected chi connectivity index (χ1v) is 3.82. The Hall–Kier alpha value is -1.71. The van der Waals surface area contributed by atoms with Gasteiger partial charge in [0, 0.05) is 31.0 Å². The zero-order valence-electron chi connectivity index (χ0n) is 7.52. The normalized spacial score (nSPS) is 10.6. The molecule has 0 radical (unpaired) electrons. The van der Waals surface area contributed by atoms with Crippen LogP contribution in [0, 0.1) is 17.0 Å². The predicted octanol–water partition coefficient (Wildman–Crippen LogP) is 1.95. The summed E-state index contributed by atoms with van der Waals surface area (Å²) in [5.74, 6) is 0. The summed E-state index contributed by atoms with van der Waals surface area (Å²) in [5.41, 5.74) is 1.87. The molecule has 13 heavy (non-hydrogen) atoms. The van der Waals surface area contributed by atoms with Gasteiger partial charge in [0.1, 0.15) is 0 Å². The number of non-ortho nitro benzene ring substituents is 1. The van der Waals surface area contributed by atoms with Gasteiger partial charge in [-0.2, -0.15) is 0 Å². The van der Waals surface area contributed by atoms with E-state index in [0.717, 1.165) is 11.1 Å². The Labute approximate surface area is 76.1 Å². The van der Waals surface area contributed by atoms with E-state index in [9.17, 15) is 10.1 Å². The number of hydrogen-bond donors (Lipinski definition) is 0. The van der Waals surface area contributed by atoms with Crippen molar-refractivity contribution in [1.29, 1.82) is 0 Å². The molecule has 0 aliphatic rings. The predicted molar refractivity (Wildman–Crippen MR) is 51.4 cm³/mol. The van der Waals surface area contributed by atoms with Gasteiger partial charge in [0.15, 0.2) is 0 Å². The van der Waals surface area contributed by atoms with Crippen LogP contribution in [-0.2, 0) is 0 Å². The van der Waals surface area contributed by atoms with E-state index >= 15 is 0 Å².